The van der Waals surface area contributed by atoms with Crippen LogP contribution in [0.1, 0.15) is 10.4 Å². The molecule has 7 nitrogen and oxygen atoms in total. The first-order valence-corrected chi connectivity index (χ1v) is 10.2. The Morgan fingerprint density at radius 2 is 1.94 bits per heavy atom. The lowest BCUT2D eigenvalue weighted by Gasteiger charge is -2.10. The maximum atomic E-state index is 13.2. The van der Waals surface area contributed by atoms with E-state index in [1.165, 1.54) is 25.6 Å². The molecular formula is C22H16Cl2F2N3O4+. The van der Waals surface area contributed by atoms with E-state index >= 15 is 0 Å². The van der Waals surface area contributed by atoms with Gasteiger partial charge in [-0.25, -0.2) is 9.56 Å². The molecule has 4 rings (SSSR count). The van der Waals surface area contributed by atoms with Crippen molar-refractivity contribution in [2.75, 3.05) is 12.4 Å². The van der Waals surface area contributed by atoms with Crippen LogP contribution in [0.3, 0.4) is 0 Å². The molecule has 0 aliphatic rings. The van der Waals surface area contributed by atoms with E-state index in [9.17, 15) is 13.6 Å². The Morgan fingerprint density at radius 1 is 1.21 bits per heavy atom. The van der Waals surface area contributed by atoms with Gasteiger partial charge in [0.15, 0.2) is 30.1 Å². The molecule has 0 fully saturated rings. The SMILES string of the molecule is COC=Nc1ccc2oc3c(OC(F)F)ccc(C(=O)Nc4c(Cl)c[n+](C)cc4Cl)c3c2c1. The summed E-state index contributed by atoms with van der Waals surface area (Å²) in [7, 11) is 3.18. The summed E-state index contributed by atoms with van der Waals surface area (Å²) in [5.74, 6) is -0.785. The smallest absolute Gasteiger partial charge is 0.387 e. The zero-order valence-electron chi connectivity index (χ0n) is 17.2. The lowest BCUT2D eigenvalue weighted by Crippen LogP contribution is -2.27. The molecule has 0 aliphatic heterocycles. The van der Waals surface area contributed by atoms with Crippen molar-refractivity contribution >= 4 is 68.8 Å². The van der Waals surface area contributed by atoms with E-state index in [2.05, 4.69) is 15.0 Å². The van der Waals surface area contributed by atoms with Gasteiger partial charge in [-0.15, -0.1) is 0 Å². The number of hydrogen-bond acceptors (Lipinski definition) is 5. The number of hydrogen-bond donors (Lipinski definition) is 1. The molecule has 0 saturated heterocycles. The number of furan rings is 1. The Balaban J connectivity index is 1.90. The minimum absolute atomic E-state index is 0.0116. The molecule has 0 saturated carbocycles. The normalized spacial score (nSPS) is 11.6. The fraction of sp³-hybridized carbons (Fsp3) is 0.136. The Bertz CT molecular complexity index is 1380. The quantitative estimate of drug-likeness (QED) is 0.206. The van der Waals surface area contributed by atoms with Crippen molar-refractivity contribution in [3.05, 3.63) is 58.3 Å². The molecule has 0 unspecified atom stereocenters. The minimum Gasteiger partial charge on any atom is -0.486 e. The van der Waals surface area contributed by atoms with Crippen LogP contribution < -0.4 is 14.6 Å². The first-order chi connectivity index (χ1) is 15.8. The third-order valence-electron chi connectivity index (χ3n) is 4.68. The van der Waals surface area contributed by atoms with Crippen LogP contribution in [0, 0.1) is 0 Å². The van der Waals surface area contributed by atoms with Gasteiger partial charge in [-0.2, -0.15) is 8.78 Å². The first kappa shape index (κ1) is 22.8. The molecule has 0 spiro atoms. The van der Waals surface area contributed by atoms with Gasteiger partial charge < -0.3 is 19.2 Å². The first-order valence-electron chi connectivity index (χ1n) is 9.43. The van der Waals surface area contributed by atoms with Crippen LogP contribution in [0.15, 0.2) is 52.1 Å². The molecule has 0 bridgehead atoms. The maximum absolute atomic E-state index is 13.2. The summed E-state index contributed by atoms with van der Waals surface area (Å²) in [4.78, 5) is 17.4. The summed E-state index contributed by atoms with van der Waals surface area (Å²) in [6.45, 7) is -3.08. The van der Waals surface area contributed by atoms with E-state index in [0.29, 0.717) is 16.7 Å². The average molecular weight is 495 g/mol. The number of fused-ring (bicyclic) bond motifs is 3. The van der Waals surface area contributed by atoms with Crippen molar-refractivity contribution in [2.24, 2.45) is 12.0 Å². The second-order valence-electron chi connectivity index (χ2n) is 6.90. The molecule has 0 atom stereocenters. The number of methoxy groups -OCH3 is 1. The van der Waals surface area contributed by atoms with Gasteiger partial charge >= 0.3 is 6.61 Å². The number of benzene rings is 2. The standard InChI is InChI=1S/C22H15Cl2F2N3O4/c1-29-8-14(23)19(15(24)9-29)28-21(30)12-4-6-17(33-22(25)26)20-18(12)13-7-11(27-10-31-2)3-5-16(13)32-20/h3-10,22H,1-2H3/p+1. The number of alkyl halides is 2. The van der Waals surface area contributed by atoms with Crippen molar-refractivity contribution in [1.29, 1.82) is 0 Å². The van der Waals surface area contributed by atoms with Gasteiger partial charge in [0.05, 0.1) is 24.0 Å². The van der Waals surface area contributed by atoms with Gasteiger partial charge in [0.25, 0.3) is 5.91 Å². The van der Waals surface area contributed by atoms with Crippen LogP contribution in [-0.4, -0.2) is 26.0 Å². The van der Waals surface area contributed by atoms with Gasteiger partial charge in [0.1, 0.15) is 22.7 Å². The molecular weight excluding hydrogens is 479 g/mol. The summed E-state index contributed by atoms with van der Waals surface area (Å²) in [6, 6.07) is 7.50. The summed E-state index contributed by atoms with van der Waals surface area (Å²) < 4.78 is 42.8. The number of amides is 1. The number of nitrogens with zero attached hydrogens (tertiary/aromatic N) is 2. The number of anilines is 1. The number of carbonyl (C=O) groups excluding carboxylic acids is 1. The number of halogens is 4. The van der Waals surface area contributed by atoms with E-state index in [0.717, 1.165) is 0 Å². The van der Waals surface area contributed by atoms with Crippen LogP contribution in [0.25, 0.3) is 21.9 Å². The third kappa shape index (κ3) is 4.55. The maximum Gasteiger partial charge on any atom is 0.387 e. The van der Waals surface area contributed by atoms with Gasteiger partial charge in [0.2, 0.25) is 0 Å². The van der Waals surface area contributed by atoms with Crippen LogP contribution in [0.4, 0.5) is 20.2 Å². The number of rotatable bonds is 6. The molecule has 33 heavy (non-hydrogen) atoms. The van der Waals surface area contributed by atoms with Crippen molar-refractivity contribution in [3.63, 3.8) is 0 Å². The van der Waals surface area contributed by atoms with E-state index < -0.39 is 12.5 Å². The molecule has 170 valence electrons. The molecule has 4 aromatic rings. The third-order valence-corrected chi connectivity index (χ3v) is 5.26. The number of nitrogens with one attached hydrogen (secondary N) is 1. The predicted molar refractivity (Wildman–Crippen MR) is 121 cm³/mol. The number of aryl methyl sites for hydroxylation is 1. The van der Waals surface area contributed by atoms with E-state index in [-0.39, 0.29) is 38.0 Å². The minimum atomic E-state index is -3.08. The zero-order valence-corrected chi connectivity index (χ0v) is 18.7. The van der Waals surface area contributed by atoms with Crippen molar-refractivity contribution in [3.8, 4) is 5.75 Å². The summed E-state index contributed by atoms with van der Waals surface area (Å²) >= 11 is 12.5. The van der Waals surface area contributed by atoms with Crippen LogP contribution in [-0.2, 0) is 11.8 Å². The van der Waals surface area contributed by atoms with Gasteiger partial charge in [0, 0.05) is 10.8 Å². The summed E-state index contributed by atoms with van der Waals surface area (Å²) in [6.07, 6.45) is 4.39. The van der Waals surface area contributed by atoms with Crippen LogP contribution in [0.5, 0.6) is 5.75 Å². The molecule has 2 aromatic carbocycles. The molecule has 0 aliphatic carbocycles. The van der Waals surface area contributed by atoms with Crippen LogP contribution >= 0.6 is 23.2 Å². The average Bonchev–Trinajstić information content (AvgIpc) is 3.14. The zero-order chi connectivity index (χ0) is 23.7. The second kappa shape index (κ2) is 9.21. The molecule has 1 amide bonds. The topological polar surface area (TPSA) is 76.9 Å². The van der Waals surface area contributed by atoms with Crippen LogP contribution in [0.2, 0.25) is 10.0 Å². The molecule has 0 radical (unpaired) electrons. The number of aromatic nitrogens is 1. The predicted octanol–water partition coefficient (Wildman–Crippen LogP) is 5.88. The fourth-order valence-electron chi connectivity index (χ4n) is 3.35. The van der Waals surface area contributed by atoms with Crippen molar-refractivity contribution in [2.45, 2.75) is 6.61 Å². The number of aliphatic imine (C=N–C) groups is 1. The van der Waals surface area contributed by atoms with Gasteiger partial charge in [-0.05, 0) is 30.3 Å². The van der Waals surface area contributed by atoms with E-state index in [4.69, 9.17) is 32.4 Å². The number of carbonyl (C=O) groups is 1. The highest BCUT2D eigenvalue weighted by Gasteiger charge is 2.23. The monoisotopic (exact) mass is 494 g/mol. The Kier molecular flexibility index (Phi) is 6.35. The lowest BCUT2D eigenvalue weighted by molar-refractivity contribution is -0.671. The molecule has 2 aromatic heterocycles. The summed E-state index contributed by atoms with van der Waals surface area (Å²) in [5, 5.41) is 3.86. The summed E-state index contributed by atoms with van der Waals surface area (Å²) in [5.41, 5.74) is 1.19. The van der Waals surface area contributed by atoms with E-state index in [1.807, 2.05) is 0 Å². The Hall–Kier alpha value is -3.43. The molecule has 1 N–H and O–H groups in total. The van der Waals surface area contributed by atoms with E-state index in [1.54, 1.807) is 42.2 Å². The highest BCUT2D eigenvalue weighted by Crippen LogP contribution is 2.40. The highest BCUT2D eigenvalue weighted by atomic mass is 35.5. The number of pyridine rings is 1. The fourth-order valence-corrected chi connectivity index (χ4v) is 4.01. The number of ether oxygens (including phenoxy) is 2. The molecule has 2 heterocycles. The highest BCUT2D eigenvalue weighted by molar-refractivity contribution is 6.39. The molecule has 11 heteroatoms. The van der Waals surface area contributed by atoms with Crippen molar-refractivity contribution < 1.29 is 32.0 Å². The van der Waals surface area contributed by atoms with Gasteiger partial charge in [-0.3, -0.25) is 4.79 Å². The second-order valence-corrected chi connectivity index (χ2v) is 7.71. The Morgan fingerprint density at radius 3 is 2.61 bits per heavy atom. The Labute approximate surface area is 196 Å². The van der Waals surface area contributed by atoms with Gasteiger partial charge in [-0.1, -0.05) is 23.2 Å². The lowest BCUT2D eigenvalue weighted by atomic mass is 10.0. The van der Waals surface area contributed by atoms with Crippen molar-refractivity contribution in [1.82, 2.24) is 0 Å². The largest absolute Gasteiger partial charge is 0.486 e.